The number of nitrogens with one attached hydrogen (secondary N) is 2. The fourth-order valence-electron chi connectivity index (χ4n) is 3.29. The van der Waals surface area contributed by atoms with Crippen molar-refractivity contribution in [3.05, 3.63) is 58.0 Å². The van der Waals surface area contributed by atoms with Crippen LogP contribution in [-0.4, -0.2) is 40.0 Å². The summed E-state index contributed by atoms with van der Waals surface area (Å²) in [5, 5.41) is 4.65. The number of likely N-dealkylation sites (tertiary alicyclic amines) is 1. The lowest BCUT2D eigenvalue weighted by Crippen LogP contribution is -2.42. The average molecular weight is 412 g/mol. The van der Waals surface area contributed by atoms with E-state index >= 15 is 0 Å². The summed E-state index contributed by atoms with van der Waals surface area (Å²) in [5.74, 6) is -0.275. The molecule has 0 spiro atoms. The van der Waals surface area contributed by atoms with E-state index in [9.17, 15) is 14.4 Å². The fourth-order valence-corrected chi connectivity index (χ4v) is 4.02. The van der Waals surface area contributed by atoms with Gasteiger partial charge in [0.25, 0.3) is 5.56 Å². The van der Waals surface area contributed by atoms with Crippen molar-refractivity contribution in [2.45, 2.75) is 19.4 Å². The zero-order valence-corrected chi connectivity index (χ0v) is 16.4. The number of carbonyl (C=O) groups excluding carboxylic acids is 2. The fraction of sp³-hybridized carbons (Fsp3) is 0.300. The molecule has 4 rings (SSSR count). The third-order valence-electron chi connectivity index (χ3n) is 4.86. The molecule has 8 nitrogen and oxygen atoms in total. The Labute approximate surface area is 170 Å². The standard InChI is InChI=1S/C20H20N4O4S/c25-18-17-15(8-11-29-17)22-16(23-18)12-28-19(26)13-6-9-24(10-7-13)20(27)21-14-4-2-1-3-5-14/h1-5,8,11,13H,6-7,9-10,12H2,(H,21,27)(H,22,23,25). The van der Waals surface area contributed by atoms with Gasteiger partial charge in [0.1, 0.15) is 17.1 Å². The Morgan fingerprint density at radius 1 is 1.21 bits per heavy atom. The van der Waals surface area contributed by atoms with Crippen LogP contribution in [0.25, 0.3) is 10.2 Å². The van der Waals surface area contributed by atoms with Gasteiger partial charge in [0, 0.05) is 18.8 Å². The quantitative estimate of drug-likeness (QED) is 0.641. The summed E-state index contributed by atoms with van der Waals surface area (Å²) < 4.78 is 5.91. The second kappa shape index (κ2) is 8.44. The number of H-pyrrole nitrogens is 1. The first kappa shape index (κ1) is 19.1. The van der Waals surface area contributed by atoms with Crippen molar-refractivity contribution in [3.63, 3.8) is 0 Å². The van der Waals surface area contributed by atoms with Crippen LogP contribution in [-0.2, 0) is 16.1 Å². The molecule has 150 valence electrons. The van der Waals surface area contributed by atoms with Crippen LogP contribution >= 0.6 is 11.3 Å². The first-order valence-electron chi connectivity index (χ1n) is 9.34. The van der Waals surface area contributed by atoms with E-state index in [2.05, 4.69) is 15.3 Å². The van der Waals surface area contributed by atoms with E-state index in [-0.39, 0.29) is 30.1 Å². The Balaban J connectivity index is 1.27. The van der Waals surface area contributed by atoms with Crippen molar-refractivity contribution in [2.75, 3.05) is 18.4 Å². The zero-order chi connectivity index (χ0) is 20.2. The summed E-state index contributed by atoms with van der Waals surface area (Å²) in [6.45, 7) is 0.886. The molecule has 1 aliphatic rings. The smallest absolute Gasteiger partial charge is 0.321 e. The minimum atomic E-state index is -0.332. The second-order valence-corrected chi connectivity index (χ2v) is 7.73. The predicted molar refractivity (Wildman–Crippen MR) is 110 cm³/mol. The molecule has 2 N–H and O–H groups in total. The van der Waals surface area contributed by atoms with Gasteiger partial charge >= 0.3 is 12.0 Å². The molecule has 0 radical (unpaired) electrons. The molecule has 0 saturated carbocycles. The predicted octanol–water partition coefficient (Wildman–Crippen LogP) is 2.97. The maximum Gasteiger partial charge on any atom is 0.321 e. The number of aromatic nitrogens is 2. The number of para-hydroxylation sites is 1. The minimum Gasteiger partial charge on any atom is -0.457 e. The largest absolute Gasteiger partial charge is 0.457 e. The highest BCUT2D eigenvalue weighted by Gasteiger charge is 2.28. The molecule has 9 heteroatoms. The molecule has 1 saturated heterocycles. The number of aromatic amines is 1. The van der Waals surface area contributed by atoms with Gasteiger partial charge in [-0.3, -0.25) is 9.59 Å². The maximum atomic E-state index is 12.4. The molecule has 0 unspecified atom stereocenters. The molecular formula is C20H20N4O4S. The summed E-state index contributed by atoms with van der Waals surface area (Å²) in [6, 6.07) is 10.8. The molecule has 29 heavy (non-hydrogen) atoms. The number of amides is 2. The van der Waals surface area contributed by atoms with E-state index in [1.807, 2.05) is 30.3 Å². The number of benzene rings is 1. The van der Waals surface area contributed by atoms with E-state index in [0.717, 1.165) is 5.69 Å². The highest BCUT2D eigenvalue weighted by Crippen LogP contribution is 2.20. The van der Waals surface area contributed by atoms with Crippen LogP contribution < -0.4 is 10.9 Å². The van der Waals surface area contributed by atoms with Crippen molar-refractivity contribution in [3.8, 4) is 0 Å². The highest BCUT2D eigenvalue weighted by atomic mass is 32.1. The Morgan fingerprint density at radius 2 is 1.97 bits per heavy atom. The SMILES string of the molecule is O=C(OCc1nc2ccsc2c(=O)[nH]1)C1CCN(C(=O)Nc2ccccc2)CC1. The number of hydrogen-bond acceptors (Lipinski definition) is 6. The third kappa shape index (κ3) is 4.45. The number of piperidine rings is 1. The summed E-state index contributed by atoms with van der Waals surface area (Å²) in [5.41, 5.74) is 1.11. The second-order valence-electron chi connectivity index (χ2n) is 6.81. The van der Waals surface area contributed by atoms with Crippen LogP contribution in [0.1, 0.15) is 18.7 Å². The summed E-state index contributed by atoms with van der Waals surface area (Å²) in [7, 11) is 0. The van der Waals surface area contributed by atoms with Crippen molar-refractivity contribution < 1.29 is 14.3 Å². The number of carbonyl (C=O) groups is 2. The van der Waals surface area contributed by atoms with Gasteiger partial charge in [-0.1, -0.05) is 18.2 Å². The Hall–Kier alpha value is -3.20. The molecule has 3 aromatic rings. The first-order chi connectivity index (χ1) is 14.1. The topological polar surface area (TPSA) is 104 Å². The van der Waals surface area contributed by atoms with Gasteiger partial charge in [-0.15, -0.1) is 11.3 Å². The summed E-state index contributed by atoms with van der Waals surface area (Å²) in [4.78, 5) is 45.3. The normalized spacial score (nSPS) is 14.7. The summed E-state index contributed by atoms with van der Waals surface area (Å²) >= 11 is 1.32. The lowest BCUT2D eigenvalue weighted by molar-refractivity contribution is -0.151. The first-order valence-corrected chi connectivity index (χ1v) is 10.2. The lowest BCUT2D eigenvalue weighted by Gasteiger charge is -2.30. The Bertz CT molecular complexity index is 1070. The minimum absolute atomic E-state index is 0.0748. The van der Waals surface area contributed by atoms with Gasteiger partial charge in [-0.2, -0.15) is 0 Å². The van der Waals surface area contributed by atoms with Crippen molar-refractivity contribution >= 4 is 39.2 Å². The number of rotatable bonds is 4. The van der Waals surface area contributed by atoms with E-state index in [0.29, 0.717) is 42.0 Å². The number of urea groups is 1. The number of thiophene rings is 1. The van der Waals surface area contributed by atoms with Gasteiger partial charge in [-0.05, 0) is 36.4 Å². The number of fused-ring (bicyclic) bond motifs is 1. The average Bonchev–Trinajstić information content (AvgIpc) is 3.22. The number of esters is 1. The van der Waals surface area contributed by atoms with Gasteiger partial charge in [0.2, 0.25) is 0 Å². The van der Waals surface area contributed by atoms with Crippen molar-refractivity contribution in [1.82, 2.24) is 14.9 Å². The van der Waals surface area contributed by atoms with Gasteiger partial charge in [-0.25, -0.2) is 9.78 Å². The molecule has 1 fully saturated rings. The number of anilines is 1. The van der Waals surface area contributed by atoms with E-state index < -0.39 is 0 Å². The zero-order valence-electron chi connectivity index (χ0n) is 15.6. The molecule has 3 heterocycles. The molecule has 0 aliphatic carbocycles. The van der Waals surface area contributed by atoms with Crippen molar-refractivity contribution in [1.29, 1.82) is 0 Å². The Morgan fingerprint density at radius 3 is 2.72 bits per heavy atom. The molecule has 2 aromatic heterocycles. The van der Waals surface area contributed by atoms with E-state index in [1.54, 1.807) is 16.3 Å². The molecule has 1 aromatic carbocycles. The Kier molecular flexibility index (Phi) is 5.57. The van der Waals surface area contributed by atoms with Gasteiger partial charge in [0.15, 0.2) is 0 Å². The molecule has 0 bridgehead atoms. The monoisotopic (exact) mass is 412 g/mol. The molecule has 1 aliphatic heterocycles. The van der Waals surface area contributed by atoms with Crippen LogP contribution in [0.3, 0.4) is 0 Å². The molecule has 2 amide bonds. The lowest BCUT2D eigenvalue weighted by atomic mass is 9.97. The van der Waals surface area contributed by atoms with Crippen LogP contribution in [0, 0.1) is 5.92 Å². The third-order valence-corrected chi connectivity index (χ3v) is 5.76. The van der Waals surface area contributed by atoms with E-state index in [1.165, 1.54) is 11.3 Å². The van der Waals surface area contributed by atoms with Crippen LogP contribution in [0.5, 0.6) is 0 Å². The summed E-state index contributed by atoms with van der Waals surface area (Å²) in [6.07, 6.45) is 1.07. The maximum absolute atomic E-state index is 12.4. The van der Waals surface area contributed by atoms with Crippen molar-refractivity contribution in [2.24, 2.45) is 5.92 Å². The number of ether oxygens (including phenoxy) is 1. The number of nitrogens with zero attached hydrogens (tertiary/aromatic N) is 2. The molecule has 0 atom stereocenters. The van der Waals surface area contributed by atoms with Crippen LogP contribution in [0.4, 0.5) is 10.5 Å². The molecular weight excluding hydrogens is 392 g/mol. The van der Waals surface area contributed by atoms with Gasteiger partial charge in [0.05, 0.1) is 11.4 Å². The number of hydrogen-bond donors (Lipinski definition) is 2. The van der Waals surface area contributed by atoms with E-state index in [4.69, 9.17) is 4.74 Å². The van der Waals surface area contributed by atoms with Gasteiger partial charge < -0.3 is 19.9 Å². The highest BCUT2D eigenvalue weighted by molar-refractivity contribution is 7.17. The van der Waals surface area contributed by atoms with Crippen LogP contribution in [0.2, 0.25) is 0 Å². The van der Waals surface area contributed by atoms with Crippen LogP contribution in [0.15, 0.2) is 46.6 Å².